The zero-order valence-electron chi connectivity index (χ0n) is 8.86. The van der Waals surface area contributed by atoms with Gasteiger partial charge < -0.3 is 4.74 Å². The average Bonchev–Trinajstić information content (AvgIpc) is 2.08. The quantitative estimate of drug-likeness (QED) is 0.641. The van der Waals surface area contributed by atoms with Crippen LogP contribution in [0.4, 0.5) is 0 Å². The highest BCUT2D eigenvalue weighted by Gasteiger charge is 2.37. The molecule has 0 aromatic carbocycles. The molecule has 0 atom stereocenters. The lowest BCUT2D eigenvalue weighted by Gasteiger charge is -2.43. The lowest BCUT2D eigenvalue weighted by atomic mass is 9.87. The van der Waals surface area contributed by atoms with Crippen LogP contribution in [0, 0.1) is 0 Å². The van der Waals surface area contributed by atoms with Gasteiger partial charge in [-0.15, -0.1) is 0 Å². The molecule has 1 aliphatic heterocycles. The largest absolute Gasteiger partial charge is 0.378 e. The van der Waals surface area contributed by atoms with Gasteiger partial charge in [-0.05, 0) is 19.8 Å². The third-order valence-corrected chi connectivity index (χ3v) is 2.96. The standard InChI is InChI=1S/C10H16N2O3/c1-2-15-8-3-7(4-8)12-5-9(13)11-10(14)6-12/h7-8H,2-6H2,1H3,(H,11,13,14). The van der Waals surface area contributed by atoms with Crippen molar-refractivity contribution in [3.8, 4) is 0 Å². The first-order chi connectivity index (χ1) is 7.19. The Bertz CT molecular complexity index is 258. The number of ether oxygens (including phenoxy) is 1. The van der Waals surface area contributed by atoms with Crippen molar-refractivity contribution >= 4 is 11.8 Å². The summed E-state index contributed by atoms with van der Waals surface area (Å²) in [6.45, 7) is 3.40. The van der Waals surface area contributed by atoms with E-state index in [0.29, 0.717) is 25.2 Å². The van der Waals surface area contributed by atoms with Gasteiger partial charge in [-0.2, -0.15) is 0 Å². The second kappa shape index (κ2) is 4.28. The Labute approximate surface area is 88.8 Å². The molecule has 0 unspecified atom stereocenters. The van der Waals surface area contributed by atoms with Gasteiger partial charge >= 0.3 is 0 Å². The Balaban J connectivity index is 1.80. The number of carbonyl (C=O) groups is 2. The lowest BCUT2D eigenvalue weighted by molar-refractivity contribution is -0.140. The number of amides is 2. The summed E-state index contributed by atoms with van der Waals surface area (Å²) in [7, 11) is 0. The van der Waals surface area contributed by atoms with Gasteiger partial charge in [0.2, 0.25) is 11.8 Å². The van der Waals surface area contributed by atoms with Crippen LogP contribution in [-0.2, 0) is 14.3 Å². The Morgan fingerprint density at radius 1 is 1.33 bits per heavy atom. The fourth-order valence-corrected chi connectivity index (χ4v) is 2.13. The predicted octanol–water partition coefficient (Wildman–Crippen LogP) is -0.488. The van der Waals surface area contributed by atoms with Gasteiger partial charge in [-0.3, -0.25) is 19.8 Å². The zero-order chi connectivity index (χ0) is 10.8. The third-order valence-electron chi connectivity index (χ3n) is 2.96. The van der Waals surface area contributed by atoms with Gasteiger partial charge in [0, 0.05) is 12.6 Å². The van der Waals surface area contributed by atoms with Crippen molar-refractivity contribution in [1.29, 1.82) is 0 Å². The molecule has 0 aromatic rings. The Morgan fingerprint density at radius 3 is 2.47 bits per heavy atom. The molecule has 1 saturated carbocycles. The van der Waals surface area contributed by atoms with Crippen LogP contribution in [-0.4, -0.2) is 48.6 Å². The highest BCUT2D eigenvalue weighted by molar-refractivity contribution is 5.99. The second-order valence-electron chi connectivity index (χ2n) is 4.08. The number of nitrogens with zero attached hydrogens (tertiary/aromatic N) is 1. The summed E-state index contributed by atoms with van der Waals surface area (Å²) in [6.07, 6.45) is 2.20. The molecule has 1 aliphatic carbocycles. The van der Waals surface area contributed by atoms with Crippen LogP contribution in [0.15, 0.2) is 0 Å². The topological polar surface area (TPSA) is 58.6 Å². The number of carbonyl (C=O) groups excluding carboxylic acids is 2. The van der Waals surface area contributed by atoms with Gasteiger partial charge in [-0.25, -0.2) is 0 Å². The predicted molar refractivity (Wildman–Crippen MR) is 53.2 cm³/mol. The number of hydrogen-bond donors (Lipinski definition) is 1. The molecule has 0 spiro atoms. The van der Waals surface area contributed by atoms with Crippen LogP contribution in [0.5, 0.6) is 0 Å². The van der Waals surface area contributed by atoms with E-state index in [1.165, 1.54) is 0 Å². The highest BCUT2D eigenvalue weighted by atomic mass is 16.5. The van der Waals surface area contributed by atoms with E-state index in [1.54, 1.807) is 0 Å². The summed E-state index contributed by atoms with van der Waals surface area (Å²) < 4.78 is 5.44. The Kier molecular flexibility index (Phi) is 3.02. The SMILES string of the molecule is CCOC1CC(N2CC(=O)NC(=O)C2)C1. The minimum Gasteiger partial charge on any atom is -0.378 e. The molecule has 1 saturated heterocycles. The van der Waals surface area contributed by atoms with Gasteiger partial charge in [0.05, 0.1) is 19.2 Å². The van der Waals surface area contributed by atoms with Crippen LogP contribution in [0.1, 0.15) is 19.8 Å². The first-order valence-electron chi connectivity index (χ1n) is 5.37. The first kappa shape index (κ1) is 10.6. The molecule has 1 N–H and O–H groups in total. The molecule has 0 bridgehead atoms. The molecular weight excluding hydrogens is 196 g/mol. The Hall–Kier alpha value is -0.940. The monoisotopic (exact) mass is 212 g/mol. The van der Waals surface area contributed by atoms with E-state index in [4.69, 9.17) is 4.74 Å². The fourth-order valence-electron chi connectivity index (χ4n) is 2.13. The van der Waals surface area contributed by atoms with Gasteiger partial charge in [0.15, 0.2) is 0 Å². The third kappa shape index (κ3) is 2.35. The summed E-state index contributed by atoms with van der Waals surface area (Å²) in [5, 5.41) is 2.30. The van der Waals surface area contributed by atoms with Crippen molar-refractivity contribution in [1.82, 2.24) is 10.2 Å². The van der Waals surface area contributed by atoms with Crippen LogP contribution in [0.2, 0.25) is 0 Å². The van der Waals surface area contributed by atoms with Crippen molar-refractivity contribution in [2.75, 3.05) is 19.7 Å². The average molecular weight is 212 g/mol. The van der Waals surface area contributed by atoms with Gasteiger partial charge in [0.25, 0.3) is 0 Å². The molecular formula is C10H16N2O3. The molecule has 2 fully saturated rings. The number of piperazine rings is 1. The maximum atomic E-state index is 11.1. The van der Waals surface area contributed by atoms with E-state index < -0.39 is 0 Å². The van der Waals surface area contributed by atoms with Crippen molar-refractivity contribution in [2.45, 2.75) is 31.9 Å². The van der Waals surface area contributed by atoms with Crippen molar-refractivity contribution < 1.29 is 14.3 Å². The molecule has 15 heavy (non-hydrogen) atoms. The Morgan fingerprint density at radius 2 is 1.93 bits per heavy atom. The van der Waals surface area contributed by atoms with Crippen LogP contribution < -0.4 is 5.32 Å². The van der Waals surface area contributed by atoms with E-state index in [1.807, 2.05) is 11.8 Å². The van der Waals surface area contributed by atoms with E-state index in [9.17, 15) is 9.59 Å². The van der Waals surface area contributed by atoms with E-state index in [2.05, 4.69) is 5.32 Å². The molecule has 2 aliphatic rings. The van der Waals surface area contributed by atoms with E-state index in [0.717, 1.165) is 19.4 Å². The maximum absolute atomic E-state index is 11.1. The minimum absolute atomic E-state index is 0.189. The first-order valence-corrected chi connectivity index (χ1v) is 5.37. The number of imide groups is 1. The molecule has 5 heteroatoms. The number of rotatable bonds is 3. The molecule has 0 radical (unpaired) electrons. The van der Waals surface area contributed by atoms with Crippen molar-refractivity contribution in [3.05, 3.63) is 0 Å². The van der Waals surface area contributed by atoms with E-state index >= 15 is 0 Å². The number of nitrogens with one attached hydrogen (secondary N) is 1. The van der Waals surface area contributed by atoms with Crippen LogP contribution in [0.25, 0.3) is 0 Å². The molecule has 2 amide bonds. The summed E-state index contributed by atoms with van der Waals surface area (Å²) in [4.78, 5) is 24.2. The molecule has 1 heterocycles. The zero-order valence-corrected chi connectivity index (χ0v) is 8.86. The minimum atomic E-state index is -0.189. The van der Waals surface area contributed by atoms with Gasteiger partial charge in [-0.1, -0.05) is 0 Å². The molecule has 84 valence electrons. The van der Waals surface area contributed by atoms with Crippen molar-refractivity contribution in [2.24, 2.45) is 0 Å². The maximum Gasteiger partial charge on any atom is 0.240 e. The van der Waals surface area contributed by atoms with Crippen LogP contribution >= 0.6 is 0 Å². The fraction of sp³-hybridized carbons (Fsp3) is 0.800. The normalized spacial score (nSPS) is 32.3. The summed E-state index contributed by atoms with van der Waals surface area (Å²) >= 11 is 0. The highest BCUT2D eigenvalue weighted by Crippen LogP contribution is 2.28. The molecule has 2 rings (SSSR count). The molecule has 0 aromatic heterocycles. The van der Waals surface area contributed by atoms with Gasteiger partial charge in [0.1, 0.15) is 0 Å². The lowest BCUT2D eigenvalue weighted by Crippen LogP contribution is -2.58. The summed E-state index contributed by atoms with van der Waals surface area (Å²) in [6, 6.07) is 0.344. The van der Waals surface area contributed by atoms with E-state index in [-0.39, 0.29) is 11.8 Å². The molecule has 5 nitrogen and oxygen atoms in total. The number of hydrogen-bond acceptors (Lipinski definition) is 4. The summed E-state index contributed by atoms with van der Waals surface area (Å²) in [5.74, 6) is -0.378. The van der Waals surface area contributed by atoms with Crippen LogP contribution in [0.3, 0.4) is 0 Å². The smallest absolute Gasteiger partial charge is 0.240 e. The second-order valence-corrected chi connectivity index (χ2v) is 4.08. The summed E-state index contributed by atoms with van der Waals surface area (Å²) in [5.41, 5.74) is 0. The van der Waals surface area contributed by atoms with Crippen molar-refractivity contribution in [3.63, 3.8) is 0 Å².